The van der Waals surface area contributed by atoms with Gasteiger partial charge in [0.1, 0.15) is 4.90 Å². The lowest BCUT2D eigenvalue weighted by molar-refractivity contribution is 0.250. The average molecular weight is 284 g/mol. The van der Waals surface area contributed by atoms with Crippen LogP contribution >= 0.6 is 0 Å². The number of hydrogen-bond donors (Lipinski definition) is 2. The molecule has 0 saturated heterocycles. The highest BCUT2D eigenvalue weighted by Gasteiger charge is 2.39. The Bertz CT molecular complexity index is 580. The molecule has 1 saturated carbocycles. The van der Waals surface area contributed by atoms with Gasteiger partial charge in [-0.15, -0.1) is 0 Å². The number of aryl methyl sites for hydroxylation is 1. The number of nitrogens with two attached hydrogens (primary N) is 1. The standard InChI is InChI=1S/C13H20N2O3S/c1-9-3-6-12(14)13(10(9)2)19(17,18)15(7-8-16)11-4-5-11/h3,6,11,16H,4-5,7-8,14H2,1-2H3. The number of benzene rings is 1. The fourth-order valence-electron chi connectivity index (χ4n) is 2.23. The molecule has 0 amide bonds. The number of anilines is 1. The van der Waals surface area contributed by atoms with Gasteiger partial charge in [0.15, 0.2) is 0 Å². The first-order valence-corrected chi connectivity index (χ1v) is 7.82. The summed E-state index contributed by atoms with van der Waals surface area (Å²) in [6, 6.07) is 3.45. The minimum Gasteiger partial charge on any atom is -0.398 e. The first-order valence-electron chi connectivity index (χ1n) is 6.38. The Balaban J connectivity index is 2.52. The summed E-state index contributed by atoms with van der Waals surface area (Å²) in [7, 11) is -3.64. The number of aliphatic hydroxyl groups excluding tert-OH is 1. The number of hydrogen-bond acceptors (Lipinski definition) is 4. The van der Waals surface area contributed by atoms with E-state index in [4.69, 9.17) is 10.8 Å². The van der Waals surface area contributed by atoms with Crippen molar-refractivity contribution in [2.45, 2.75) is 37.6 Å². The first-order chi connectivity index (χ1) is 8.89. The van der Waals surface area contributed by atoms with E-state index in [-0.39, 0.29) is 29.8 Å². The van der Waals surface area contributed by atoms with Gasteiger partial charge in [0.2, 0.25) is 10.0 Å². The molecule has 3 N–H and O–H groups in total. The highest BCUT2D eigenvalue weighted by atomic mass is 32.2. The monoisotopic (exact) mass is 284 g/mol. The summed E-state index contributed by atoms with van der Waals surface area (Å²) >= 11 is 0. The highest BCUT2D eigenvalue weighted by molar-refractivity contribution is 7.89. The summed E-state index contributed by atoms with van der Waals surface area (Å²) < 4.78 is 26.8. The second kappa shape index (κ2) is 5.11. The molecule has 0 heterocycles. The van der Waals surface area contributed by atoms with Gasteiger partial charge in [-0.05, 0) is 43.9 Å². The van der Waals surface area contributed by atoms with E-state index in [1.807, 2.05) is 13.0 Å². The van der Waals surface area contributed by atoms with Crippen molar-refractivity contribution in [3.8, 4) is 0 Å². The van der Waals surface area contributed by atoms with Crippen molar-refractivity contribution in [1.29, 1.82) is 0 Å². The minimum absolute atomic E-state index is 0.0106. The largest absolute Gasteiger partial charge is 0.398 e. The van der Waals surface area contributed by atoms with Gasteiger partial charge in [-0.2, -0.15) is 4.31 Å². The van der Waals surface area contributed by atoms with Crippen LogP contribution in [-0.4, -0.2) is 37.0 Å². The van der Waals surface area contributed by atoms with Crippen molar-refractivity contribution in [1.82, 2.24) is 4.31 Å². The molecule has 6 heteroatoms. The van der Waals surface area contributed by atoms with Gasteiger partial charge < -0.3 is 10.8 Å². The van der Waals surface area contributed by atoms with Crippen LogP contribution in [0.5, 0.6) is 0 Å². The molecule has 0 unspecified atom stereocenters. The number of sulfonamides is 1. The van der Waals surface area contributed by atoms with Crippen LogP contribution in [0.1, 0.15) is 24.0 Å². The third-order valence-corrected chi connectivity index (χ3v) is 5.70. The zero-order valence-electron chi connectivity index (χ0n) is 11.3. The Morgan fingerprint density at radius 3 is 2.53 bits per heavy atom. The summed E-state index contributed by atoms with van der Waals surface area (Å²) in [6.07, 6.45) is 1.70. The van der Waals surface area contributed by atoms with E-state index in [0.29, 0.717) is 5.56 Å². The fourth-order valence-corrected chi connectivity index (χ4v) is 4.30. The van der Waals surface area contributed by atoms with Crippen molar-refractivity contribution in [3.05, 3.63) is 23.3 Å². The van der Waals surface area contributed by atoms with Crippen LogP contribution in [0.4, 0.5) is 5.69 Å². The van der Waals surface area contributed by atoms with E-state index in [9.17, 15) is 8.42 Å². The van der Waals surface area contributed by atoms with Crippen LogP contribution in [0, 0.1) is 13.8 Å². The SMILES string of the molecule is Cc1ccc(N)c(S(=O)(=O)N(CCO)C2CC2)c1C. The normalized spacial score (nSPS) is 16.0. The number of nitrogen functional groups attached to an aromatic ring is 1. The minimum atomic E-state index is -3.64. The van der Waals surface area contributed by atoms with Crippen LogP contribution in [0.3, 0.4) is 0 Å². The lowest BCUT2D eigenvalue weighted by atomic mass is 10.1. The average Bonchev–Trinajstić information content (AvgIpc) is 3.15. The topological polar surface area (TPSA) is 83.6 Å². The molecule has 0 aromatic heterocycles. The second-order valence-corrected chi connectivity index (χ2v) is 6.82. The fraction of sp³-hybridized carbons (Fsp3) is 0.538. The molecule has 1 aliphatic rings. The van der Waals surface area contributed by atoms with Crippen LogP contribution in [0.2, 0.25) is 0 Å². The summed E-state index contributed by atoms with van der Waals surface area (Å²) in [5.74, 6) is 0. The summed E-state index contributed by atoms with van der Waals surface area (Å²) in [4.78, 5) is 0.188. The van der Waals surface area contributed by atoms with Crippen molar-refractivity contribution in [2.24, 2.45) is 0 Å². The zero-order chi connectivity index (χ0) is 14.2. The summed E-state index contributed by atoms with van der Waals surface area (Å²) in [5.41, 5.74) is 7.71. The molecule has 0 spiro atoms. The zero-order valence-corrected chi connectivity index (χ0v) is 12.1. The van der Waals surface area contributed by atoms with Crippen molar-refractivity contribution in [2.75, 3.05) is 18.9 Å². The molecule has 0 atom stereocenters. The first kappa shape index (κ1) is 14.3. The molecule has 0 aliphatic heterocycles. The predicted molar refractivity (Wildman–Crippen MR) is 74.3 cm³/mol. The molecule has 106 valence electrons. The Morgan fingerprint density at radius 1 is 1.37 bits per heavy atom. The smallest absolute Gasteiger partial charge is 0.245 e. The molecule has 1 aliphatic carbocycles. The van der Waals surface area contributed by atoms with Gasteiger partial charge in [-0.25, -0.2) is 8.42 Å². The summed E-state index contributed by atoms with van der Waals surface area (Å²) in [6.45, 7) is 3.57. The Labute approximate surface area is 114 Å². The molecule has 5 nitrogen and oxygen atoms in total. The Kier molecular flexibility index (Phi) is 3.85. The second-order valence-electron chi connectivity index (χ2n) is 5.00. The maximum absolute atomic E-state index is 12.7. The Hall–Kier alpha value is -1.11. The number of aliphatic hydroxyl groups is 1. The molecule has 0 bridgehead atoms. The molecular formula is C13H20N2O3S. The van der Waals surface area contributed by atoms with Crippen molar-refractivity contribution >= 4 is 15.7 Å². The lowest BCUT2D eigenvalue weighted by Gasteiger charge is -2.23. The van der Waals surface area contributed by atoms with Gasteiger partial charge in [-0.3, -0.25) is 0 Å². The van der Waals surface area contributed by atoms with Crippen LogP contribution in [0.15, 0.2) is 17.0 Å². The molecule has 1 fully saturated rings. The molecule has 2 rings (SSSR count). The van der Waals surface area contributed by atoms with E-state index in [2.05, 4.69) is 0 Å². The van der Waals surface area contributed by atoms with Gasteiger partial charge in [0.25, 0.3) is 0 Å². The molecule has 19 heavy (non-hydrogen) atoms. The van der Waals surface area contributed by atoms with E-state index in [1.165, 1.54) is 4.31 Å². The predicted octanol–water partition coefficient (Wildman–Crippen LogP) is 1.03. The highest BCUT2D eigenvalue weighted by Crippen LogP contribution is 2.35. The number of rotatable bonds is 5. The van der Waals surface area contributed by atoms with E-state index < -0.39 is 10.0 Å². The van der Waals surface area contributed by atoms with E-state index in [0.717, 1.165) is 18.4 Å². The quantitative estimate of drug-likeness (QED) is 0.791. The Morgan fingerprint density at radius 2 is 2.00 bits per heavy atom. The summed E-state index contributed by atoms with van der Waals surface area (Å²) in [5, 5.41) is 9.08. The third kappa shape index (κ3) is 2.61. The van der Waals surface area contributed by atoms with Gasteiger partial charge >= 0.3 is 0 Å². The molecular weight excluding hydrogens is 264 g/mol. The lowest BCUT2D eigenvalue weighted by Crippen LogP contribution is -2.36. The van der Waals surface area contributed by atoms with Gasteiger partial charge in [0.05, 0.1) is 12.3 Å². The third-order valence-electron chi connectivity index (χ3n) is 3.55. The van der Waals surface area contributed by atoms with Crippen LogP contribution in [-0.2, 0) is 10.0 Å². The van der Waals surface area contributed by atoms with Crippen molar-refractivity contribution in [3.63, 3.8) is 0 Å². The molecule has 0 radical (unpaired) electrons. The van der Waals surface area contributed by atoms with Gasteiger partial charge in [0, 0.05) is 12.6 Å². The van der Waals surface area contributed by atoms with Gasteiger partial charge in [-0.1, -0.05) is 6.07 Å². The molecule has 1 aromatic rings. The maximum atomic E-state index is 12.7. The van der Waals surface area contributed by atoms with E-state index >= 15 is 0 Å². The van der Waals surface area contributed by atoms with E-state index in [1.54, 1.807) is 13.0 Å². The van der Waals surface area contributed by atoms with Crippen LogP contribution < -0.4 is 5.73 Å². The maximum Gasteiger partial charge on any atom is 0.245 e. The molecule has 1 aromatic carbocycles. The van der Waals surface area contributed by atoms with Crippen molar-refractivity contribution < 1.29 is 13.5 Å². The van der Waals surface area contributed by atoms with Crippen LogP contribution in [0.25, 0.3) is 0 Å². The number of nitrogens with zero attached hydrogens (tertiary/aromatic N) is 1.